The van der Waals surface area contributed by atoms with Crippen molar-refractivity contribution in [3.05, 3.63) is 35.9 Å². The third-order valence-corrected chi connectivity index (χ3v) is 5.00. The van der Waals surface area contributed by atoms with E-state index in [2.05, 4.69) is 42.1 Å². The minimum absolute atomic E-state index is 0.310. The minimum Gasteiger partial charge on any atom is -0.327 e. The van der Waals surface area contributed by atoms with Crippen molar-refractivity contribution in [1.82, 2.24) is 0 Å². The van der Waals surface area contributed by atoms with Gasteiger partial charge in [0, 0.05) is 17.0 Å². The van der Waals surface area contributed by atoms with Crippen LogP contribution in [0.5, 0.6) is 0 Å². The fourth-order valence-electron chi connectivity index (χ4n) is 2.47. The van der Waals surface area contributed by atoms with Crippen LogP contribution in [0.4, 0.5) is 0 Å². The maximum Gasteiger partial charge on any atom is 0.0171 e. The molecule has 94 valence electrons. The van der Waals surface area contributed by atoms with E-state index in [-0.39, 0.29) is 0 Å². The van der Waals surface area contributed by atoms with Crippen molar-refractivity contribution in [3.63, 3.8) is 0 Å². The van der Waals surface area contributed by atoms with Crippen LogP contribution in [0, 0.1) is 0 Å². The Labute approximate surface area is 109 Å². The van der Waals surface area contributed by atoms with E-state index in [1.165, 1.54) is 37.7 Å². The van der Waals surface area contributed by atoms with Gasteiger partial charge in [0.2, 0.25) is 0 Å². The van der Waals surface area contributed by atoms with Gasteiger partial charge in [0.05, 0.1) is 0 Å². The lowest BCUT2D eigenvalue weighted by atomic mass is 10.0. The van der Waals surface area contributed by atoms with Gasteiger partial charge in [-0.15, -0.1) is 0 Å². The van der Waals surface area contributed by atoms with Gasteiger partial charge in [0.1, 0.15) is 0 Å². The molecule has 0 spiro atoms. The molecule has 1 fully saturated rings. The molecular weight excluding hydrogens is 226 g/mol. The lowest BCUT2D eigenvalue weighted by Crippen LogP contribution is -2.27. The van der Waals surface area contributed by atoms with Gasteiger partial charge in [-0.1, -0.05) is 49.6 Å². The smallest absolute Gasteiger partial charge is 0.0171 e. The van der Waals surface area contributed by atoms with Crippen molar-refractivity contribution in [1.29, 1.82) is 0 Å². The Morgan fingerprint density at radius 3 is 2.53 bits per heavy atom. The van der Waals surface area contributed by atoms with Crippen molar-refractivity contribution < 1.29 is 0 Å². The summed E-state index contributed by atoms with van der Waals surface area (Å²) in [6.45, 7) is 0. The fourth-order valence-corrected chi connectivity index (χ4v) is 3.77. The predicted molar refractivity (Wildman–Crippen MR) is 77.5 cm³/mol. The molecule has 1 unspecified atom stereocenters. The number of benzene rings is 1. The van der Waals surface area contributed by atoms with Crippen LogP contribution < -0.4 is 5.73 Å². The van der Waals surface area contributed by atoms with E-state index >= 15 is 0 Å². The van der Waals surface area contributed by atoms with Crippen LogP contribution in [0.15, 0.2) is 30.3 Å². The Morgan fingerprint density at radius 1 is 1.12 bits per heavy atom. The zero-order valence-electron chi connectivity index (χ0n) is 10.5. The normalized spacial score (nSPS) is 19.1. The van der Waals surface area contributed by atoms with Crippen LogP contribution in [0.1, 0.15) is 37.7 Å². The van der Waals surface area contributed by atoms with Crippen LogP contribution >= 0.6 is 11.8 Å². The van der Waals surface area contributed by atoms with Gasteiger partial charge in [-0.25, -0.2) is 0 Å². The zero-order chi connectivity index (χ0) is 11.9. The summed E-state index contributed by atoms with van der Waals surface area (Å²) in [5.41, 5.74) is 7.57. The van der Waals surface area contributed by atoms with Gasteiger partial charge in [0.25, 0.3) is 0 Å². The summed E-state index contributed by atoms with van der Waals surface area (Å²) in [6.07, 6.45) is 8.11. The maximum atomic E-state index is 6.20. The molecule has 1 aliphatic carbocycles. The Hall–Kier alpha value is -0.470. The highest BCUT2D eigenvalue weighted by Gasteiger charge is 2.15. The number of hydrogen-bond donors (Lipinski definition) is 1. The molecule has 1 aliphatic rings. The Balaban J connectivity index is 1.68. The van der Waals surface area contributed by atoms with Crippen LogP contribution in [0.2, 0.25) is 0 Å². The second-order valence-corrected chi connectivity index (χ2v) is 6.38. The molecule has 2 rings (SSSR count). The third-order valence-electron chi connectivity index (χ3n) is 3.44. The van der Waals surface area contributed by atoms with E-state index in [1.807, 2.05) is 0 Å². The molecule has 1 aromatic carbocycles. The van der Waals surface area contributed by atoms with Crippen molar-refractivity contribution in [2.45, 2.75) is 49.8 Å². The Bertz CT molecular complexity index is 306. The lowest BCUT2D eigenvalue weighted by molar-refractivity contribution is 0.515. The first-order valence-electron chi connectivity index (χ1n) is 6.75. The van der Waals surface area contributed by atoms with Gasteiger partial charge in [0.15, 0.2) is 0 Å². The summed E-state index contributed by atoms with van der Waals surface area (Å²) in [4.78, 5) is 0. The van der Waals surface area contributed by atoms with Crippen LogP contribution in [0.3, 0.4) is 0 Å². The lowest BCUT2D eigenvalue weighted by Gasteiger charge is -2.22. The SMILES string of the molecule is NC(CSC1CCCCC1)Cc1ccccc1. The van der Waals surface area contributed by atoms with Crippen molar-refractivity contribution in [3.8, 4) is 0 Å². The monoisotopic (exact) mass is 249 g/mol. The molecule has 0 amide bonds. The fraction of sp³-hybridized carbons (Fsp3) is 0.600. The summed E-state index contributed by atoms with van der Waals surface area (Å²) < 4.78 is 0. The molecule has 0 heterocycles. The van der Waals surface area contributed by atoms with E-state index in [9.17, 15) is 0 Å². The number of nitrogens with two attached hydrogens (primary N) is 1. The molecule has 0 saturated heterocycles. The summed E-state index contributed by atoms with van der Waals surface area (Å²) in [6, 6.07) is 10.9. The van der Waals surface area contributed by atoms with E-state index in [0.29, 0.717) is 6.04 Å². The number of thioether (sulfide) groups is 1. The van der Waals surface area contributed by atoms with Gasteiger partial charge in [-0.05, 0) is 24.8 Å². The van der Waals surface area contributed by atoms with E-state index < -0.39 is 0 Å². The first-order valence-corrected chi connectivity index (χ1v) is 7.80. The highest BCUT2D eigenvalue weighted by Crippen LogP contribution is 2.28. The van der Waals surface area contributed by atoms with E-state index in [4.69, 9.17) is 5.73 Å². The standard InChI is InChI=1S/C15H23NS/c16-14(11-13-7-3-1-4-8-13)12-17-15-9-5-2-6-10-15/h1,3-4,7-8,14-15H,2,5-6,9-12,16H2. The van der Waals surface area contributed by atoms with Crippen LogP contribution in [-0.2, 0) is 6.42 Å². The van der Waals surface area contributed by atoms with Crippen molar-refractivity contribution >= 4 is 11.8 Å². The molecule has 1 saturated carbocycles. The van der Waals surface area contributed by atoms with E-state index in [0.717, 1.165) is 17.4 Å². The van der Waals surface area contributed by atoms with Crippen LogP contribution in [-0.4, -0.2) is 17.0 Å². The third kappa shape index (κ3) is 4.72. The quantitative estimate of drug-likeness (QED) is 0.862. The van der Waals surface area contributed by atoms with Gasteiger partial charge >= 0.3 is 0 Å². The first kappa shape index (κ1) is 13.0. The predicted octanol–water partition coefficient (Wildman–Crippen LogP) is 3.62. The zero-order valence-corrected chi connectivity index (χ0v) is 11.3. The van der Waals surface area contributed by atoms with Crippen LogP contribution in [0.25, 0.3) is 0 Å². The average molecular weight is 249 g/mol. The molecule has 17 heavy (non-hydrogen) atoms. The van der Waals surface area contributed by atoms with Gasteiger partial charge in [-0.3, -0.25) is 0 Å². The number of hydrogen-bond acceptors (Lipinski definition) is 2. The highest BCUT2D eigenvalue weighted by molar-refractivity contribution is 7.99. The molecule has 1 atom stereocenters. The first-order chi connectivity index (χ1) is 8.34. The molecule has 1 aromatic rings. The number of rotatable bonds is 5. The Kier molecular flexibility index (Phi) is 5.40. The summed E-state index contributed by atoms with van der Waals surface area (Å²) in [5, 5.41) is 0.880. The second kappa shape index (κ2) is 7.07. The van der Waals surface area contributed by atoms with Gasteiger partial charge in [-0.2, -0.15) is 11.8 Å². The molecule has 1 nitrogen and oxygen atoms in total. The second-order valence-electron chi connectivity index (χ2n) is 5.04. The molecule has 2 heteroatoms. The molecule has 2 N–H and O–H groups in total. The summed E-state index contributed by atoms with van der Waals surface area (Å²) in [7, 11) is 0. The molecule has 0 radical (unpaired) electrons. The topological polar surface area (TPSA) is 26.0 Å². The summed E-state index contributed by atoms with van der Waals surface area (Å²) in [5.74, 6) is 1.11. The summed E-state index contributed by atoms with van der Waals surface area (Å²) >= 11 is 2.10. The average Bonchev–Trinajstić information content (AvgIpc) is 2.39. The van der Waals surface area contributed by atoms with Crippen molar-refractivity contribution in [2.24, 2.45) is 5.73 Å². The minimum atomic E-state index is 0.310. The largest absolute Gasteiger partial charge is 0.327 e. The molecule has 0 bridgehead atoms. The van der Waals surface area contributed by atoms with E-state index in [1.54, 1.807) is 0 Å². The molecule has 0 aliphatic heterocycles. The maximum absolute atomic E-state index is 6.20. The highest BCUT2D eigenvalue weighted by atomic mass is 32.2. The van der Waals surface area contributed by atoms with Crippen molar-refractivity contribution in [2.75, 3.05) is 5.75 Å². The Morgan fingerprint density at radius 2 is 1.82 bits per heavy atom. The molecule has 0 aromatic heterocycles. The molecular formula is C15H23NS. The van der Waals surface area contributed by atoms with Gasteiger partial charge < -0.3 is 5.73 Å².